The zero-order chi connectivity index (χ0) is 11.0. The lowest BCUT2D eigenvalue weighted by Crippen LogP contribution is -2.13. The van der Waals surface area contributed by atoms with Gasteiger partial charge in [0, 0.05) is 19.4 Å². The molecule has 0 aromatic carbocycles. The number of aryl methyl sites for hydroxylation is 1. The molecule has 0 bridgehead atoms. The molecule has 0 aliphatic rings. The number of aromatic nitrogens is 4. The summed E-state index contributed by atoms with van der Waals surface area (Å²) in [5.41, 5.74) is -0.159. The Hall–Kier alpha value is -2.11. The first-order chi connectivity index (χ1) is 7.09. The molecular weight excluding hydrogens is 196 g/mol. The highest BCUT2D eigenvalue weighted by molar-refractivity contribution is 5.45. The molecule has 6 heteroatoms. The third-order valence-corrected chi connectivity index (χ3v) is 2.16. The Balaban J connectivity index is 2.66. The summed E-state index contributed by atoms with van der Waals surface area (Å²) in [5.74, 6) is 0.495. The van der Waals surface area contributed by atoms with Gasteiger partial charge >= 0.3 is 0 Å². The number of aromatic hydroxyl groups is 1. The molecule has 0 fully saturated rings. The first-order valence-electron chi connectivity index (χ1n) is 4.37. The fraction of sp³-hybridized carbons (Fsp3) is 0.222. The molecule has 0 amide bonds. The summed E-state index contributed by atoms with van der Waals surface area (Å²) >= 11 is 0. The second-order valence-corrected chi connectivity index (χ2v) is 3.22. The molecule has 0 unspecified atom stereocenters. The van der Waals surface area contributed by atoms with E-state index >= 15 is 0 Å². The molecule has 15 heavy (non-hydrogen) atoms. The van der Waals surface area contributed by atoms with Gasteiger partial charge in [0.1, 0.15) is 0 Å². The molecule has 0 saturated heterocycles. The van der Waals surface area contributed by atoms with Crippen molar-refractivity contribution in [2.45, 2.75) is 6.92 Å². The summed E-state index contributed by atoms with van der Waals surface area (Å²) in [6, 6.07) is 0. The molecule has 0 aliphatic heterocycles. The number of H-pyrrole nitrogens is 1. The molecule has 78 valence electrons. The van der Waals surface area contributed by atoms with Gasteiger partial charge < -0.3 is 14.7 Å². The lowest BCUT2D eigenvalue weighted by Gasteiger charge is -2.02. The summed E-state index contributed by atoms with van der Waals surface area (Å²) in [4.78, 5) is 21.8. The van der Waals surface area contributed by atoms with E-state index in [2.05, 4.69) is 15.0 Å². The van der Waals surface area contributed by atoms with Gasteiger partial charge in [0.2, 0.25) is 5.88 Å². The number of hydrogen-bond acceptors (Lipinski definition) is 4. The van der Waals surface area contributed by atoms with E-state index in [1.807, 2.05) is 0 Å². The first-order valence-corrected chi connectivity index (χ1v) is 4.37. The molecule has 2 heterocycles. The number of aromatic amines is 1. The quantitative estimate of drug-likeness (QED) is 0.697. The molecule has 6 nitrogen and oxygen atoms in total. The van der Waals surface area contributed by atoms with Crippen LogP contribution in [-0.2, 0) is 7.05 Å². The normalized spacial score (nSPS) is 10.5. The maximum atomic E-state index is 11.4. The Labute approximate surface area is 85.3 Å². The van der Waals surface area contributed by atoms with Crippen LogP contribution < -0.4 is 5.56 Å². The van der Waals surface area contributed by atoms with Crippen molar-refractivity contribution in [3.8, 4) is 17.5 Å². The van der Waals surface area contributed by atoms with E-state index in [9.17, 15) is 9.90 Å². The minimum absolute atomic E-state index is 0.202. The van der Waals surface area contributed by atoms with E-state index < -0.39 is 0 Å². The van der Waals surface area contributed by atoms with Gasteiger partial charge in [-0.1, -0.05) is 0 Å². The highest BCUT2D eigenvalue weighted by Crippen LogP contribution is 2.14. The van der Waals surface area contributed by atoms with Crippen LogP contribution in [0.15, 0.2) is 17.2 Å². The molecule has 2 aromatic rings. The standard InChI is InChI=1S/C9H10N4O2/c1-5-8(14)11-6(12-9(5)15)7-10-3-4-13(7)2/h3-4H,1-2H3,(H2,11,12,14,15). The maximum absolute atomic E-state index is 11.4. The van der Waals surface area contributed by atoms with Gasteiger partial charge in [-0.05, 0) is 6.92 Å². The molecule has 0 aliphatic carbocycles. The Bertz CT molecular complexity index is 555. The molecule has 0 saturated carbocycles. The zero-order valence-electron chi connectivity index (χ0n) is 8.35. The second-order valence-electron chi connectivity index (χ2n) is 3.22. The third-order valence-electron chi connectivity index (χ3n) is 2.16. The van der Waals surface area contributed by atoms with Gasteiger partial charge in [-0.15, -0.1) is 0 Å². The number of nitrogens with one attached hydrogen (secondary N) is 1. The zero-order valence-corrected chi connectivity index (χ0v) is 8.35. The third kappa shape index (κ3) is 1.50. The highest BCUT2D eigenvalue weighted by atomic mass is 16.3. The lowest BCUT2D eigenvalue weighted by atomic mass is 10.3. The molecular formula is C9H10N4O2. The minimum Gasteiger partial charge on any atom is -0.493 e. The number of rotatable bonds is 1. The predicted octanol–water partition coefficient (Wildman–Crippen LogP) is 0.184. The van der Waals surface area contributed by atoms with E-state index in [-0.39, 0.29) is 22.8 Å². The molecule has 0 radical (unpaired) electrons. The van der Waals surface area contributed by atoms with E-state index in [1.54, 1.807) is 24.0 Å². The largest absolute Gasteiger partial charge is 0.493 e. The highest BCUT2D eigenvalue weighted by Gasteiger charge is 2.10. The van der Waals surface area contributed by atoms with Crippen molar-refractivity contribution in [3.05, 3.63) is 28.3 Å². The minimum atomic E-state index is -0.361. The maximum Gasteiger partial charge on any atom is 0.257 e. The van der Waals surface area contributed by atoms with Crippen molar-refractivity contribution in [1.82, 2.24) is 19.5 Å². The Kier molecular flexibility index (Phi) is 2.03. The fourth-order valence-corrected chi connectivity index (χ4v) is 1.22. The number of nitrogens with zero attached hydrogens (tertiary/aromatic N) is 3. The average molecular weight is 206 g/mol. The molecule has 2 rings (SSSR count). The van der Waals surface area contributed by atoms with E-state index in [0.29, 0.717) is 5.82 Å². The average Bonchev–Trinajstić information content (AvgIpc) is 2.60. The van der Waals surface area contributed by atoms with Crippen LogP contribution in [0.1, 0.15) is 5.56 Å². The van der Waals surface area contributed by atoms with Crippen LogP contribution in [0.2, 0.25) is 0 Å². The fourth-order valence-electron chi connectivity index (χ4n) is 1.22. The first kappa shape index (κ1) is 9.45. The molecule has 2 N–H and O–H groups in total. The second kappa shape index (κ2) is 3.23. The number of imidazole rings is 1. The van der Waals surface area contributed by atoms with Crippen molar-refractivity contribution in [2.75, 3.05) is 0 Å². The van der Waals surface area contributed by atoms with Crippen molar-refractivity contribution in [1.29, 1.82) is 0 Å². The Morgan fingerprint density at radius 2 is 2.27 bits per heavy atom. The summed E-state index contributed by atoms with van der Waals surface area (Å²) in [5, 5.41) is 9.40. The molecule has 2 aromatic heterocycles. The van der Waals surface area contributed by atoms with Gasteiger partial charge in [-0.2, -0.15) is 4.98 Å². The summed E-state index contributed by atoms with van der Waals surface area (Å²) in [6.07, 6.45) is 3.32. The Morgan fingerprint density at radius 3 is 2.80 bits per heavy atom. The van der Waals surface area contributed by atoms with Gasteiger partial charge in [-0.3, -0.25) is 4.79 Å². The smallest absolute Gasteiger partial charge is 0.257 e. The van der Waals surface area contributed by atoms with Crippen LogP contribution in [-0.4, -0.2) is 24.6 Å². The van der Waals surface area contributed by atoms with E-state index in [4.69, 9.17) is 0 Å². The van der Waals surface area contributed by atoms with E-state index in [0.717, 1.165) is 0 Å². The SMILES string of the molecule is Cc1c(O)nc(-c2nccn2C)[nH]c1=O. The van der Waals surface area contributed by atoms with Crippen LogP contribution >= 0.6 is 0 Å². The van der Waals surface area contributed by atoms with Gasteiger partial charge in [0.05, 0.1) is 5.56 Å². The number of hydrogen-bond donors (Lipinski definition) is 2. The van der Waals surface area contributed by atoms with Gasteiger partial charge in [0.25, 0.3) is 5.56 Å². The van der Waals surface area contributed by atoms with Gasteiger partial charge in [-0.25, -0.2) is 4.98 Å². The van der Waals surface area contributed by atoms with Crippen LogP contribution in [0.5, 0.6) is 5.88 Å². The van der Waals surface area contributed by atoms with E-state index in [1.165, 1.54) is 6.92 Å². The van der Waals surface area contributed by atoms with Crippen LogP contribution in [0.25, 0.3) is 11.6 Å². The molecule has 0 spiro atoms. The molecule has 0 atom stereocenters. The summed E-state index contributed by atoms with van der Waals surface area (Å²) in [7, 11) is 1.78. The predicted molar refractivity (Wildman–Crippen MR) is 53.5 cm³/mol. The Morgan fingerprint density at radius 1 is 1.53 bits per heavy atom. The van der Waals surface area contributed by atoms with Crippen LogP contribution in [0, 0.1) is 6.92 Å². The summed E-state index contributed by atoms with van der Waals surface area (Å²) < 4.78 is 1.70. The van der Waals surface area contributed by atoms with Crippen molar-refractivity contribution >= 4 is 0 Å². The summed E-state index contributed by atoms with van der Waals surface area (Å²) in [6.45, 7) is 1.50. The van der Waals surface area contributed by atoms with Crippen LogP contribution in [0.4, 0.5) is 0 Å². The van der Waals surface area contributed by atoms with Crippen LogP contribution in [0.3, 0.4) is 0 Å². The monoisotopic (exact) mass is 206 g/mol. The van der Waals surface area contributed by atoms with Crippen molar-refractivity contribution < 1.29 is 5.11 Å². The lowest BCUT2D eigenvalue weighted by molar-refractivity contribution is 0.446. The van der Waals surface area contributed by atoms with Gasteiger partial charge in [0.15, 0.2) is 11.6 Å². The topological polar surface area (TPSA) is 83.8 Å². The van der Waals surface area contributed by atoms with Crippen molar-refractivity contribution in [3.63, 3.8) is 0 Å². The van der Waals surface area contributed by atoms with Crippen molar-refractivity contribution in [2.24, 2.45) is 7.05 Å².